The molecular weight excluding hydrogens is 255 g/mol. The minimum Gasteiger partial charge on any atom is -0.495 e. The molecular formula is C14H18Cl2O. The Morgan fingerprint density at radius 2 is 2.06 bits per heavy atom. The van der Waals surface area contributed by atoms with Crippen molar-refractivity contribution in [2.24, 2.45) is 5.92 Å². The number of rotatable bonds is 4. The van der Waals surface area contributed by atoms with E-state index in [1.165, 1.54) is 31.2 Å². The van der Waals surface area contributed by atoms with Crippen LogP contribution in [0, 0.1) is 5.92 Å². The monoisotopic (exact) mass is 272 g/mol. The Morgan fingerprint density at radius 1 is 1.35 bits per heavy atom. The highest BCUT2D eigenvalue weighted by Crippen LogP contribution is 2.39. The molecule has 0 heterocycles. The van der Waals surface area contributed by atoms with E-state index < -0.39 is 0 Å². The van der Waals surface area contributed by atoms with Crippen LogP contribution in [0.3, 0.4) is 0 Å². The van der Waals surface area contributed by atoms with Crippen molar-refractivity contribution in [2.45, 2.75) is 31.6 Å². The average Bonchev–Trinajstić information content (AvgIpc) is 2.84. The Morgan fingerprint density at radius 3 is 2.59 bits per heavy atom. The average molecular weight is 273 g/mol. The van der Waals surface area contributed by atoms with Crippen LogP contribution in [-0.4, -0.2) is 13.0 Å². The van der Waals surface area contributed by atoms with E-state index in [0.717, 1.165) is 11.7 Å². The number of hydrogen-bond acceptors (Lipinski definition) is 1. The van der Waals surface area contributed by atoms with Gasteiger partial charge in [0.2, 0.25) is 0 Å². The van der Waals surface area contributed by atoms with Gasteiger partial charge in [0, 0.05) is 11.8 Å². The maximum absolute atomic E-state index is 6.17. The van der Waals surface area contributed by atoms with Crippen molar-refractivity contribution in [1.29, 1.82) is 0 Å². The molecule has 0 saturated heterocycles. The molecule has 1 fully saturated rings. The van der Waals surface area contributed by atoms with Gasteiger partial charge in [-0.1, -0.05) is 30.5 Å². The summed E-state index contributed by atoms with van der Waals surface area (Å²) in [5, 5.41) is 0.679. The lowest BCUT2D eigenvalue weighted by Gasteiger charge is -2.22. The minimum absolute atomic E-state index is 0.433. The van der Waals surface area contributed by atoms with Gasteiger partial charge in [0.25, 0.3) is 0 Å². The standard InChI is InChI=1S/C14H18Cl2O/c1-17-14-7-6-11(8-13(14)16)12(9-15)10-4-2-3-5-10/h6-8,10,12H,2-5,9H2,1H3. The number of methoxy groups -OCH3 is 1. The van der Waals surface area contributed by atoms with E-state index >= 15 is 0 Å². The molecule has 2 rings (SSSR count). The zero-order valence-electron chi connectivity index (χ0n) is 10.1. The molecule has 0 aliphatic heterocycles. The lowest BCUT2D eigenvalue weighted by Crippen LogP contribution is -2.11. The molecule has 1 aromatic rings. The Balaban J connectivity index is 2.21. The fourth-order valence-electron chi connectivity index (χ4n) is 2.76. The van der Waals surface area contributed by atoms with Crippen molar-refractivity contribution in [3.63, 3.8) is 0 Å². The van der Waals surface area contributed by atoms with Crippen LogP contribution in [0.4, 0.5) is 0 Å². The lowest BCUT2D eigenvalue weighted by atomic mass is 9.86. The van der Waals surface area contributed by atoms with Crippen LogP contribution in [0.2, 0.25) is 5.02 Å². The quantitative estimate of drug-likeness (QED) is 0.712. The van der Waals surface area contributed by atoms with Crippen LogP contribution in [-0.2, 0) is 0 Å². The normalized spacial score (nSPS) is 18.3. The van der Waals surface area contributed by atoms with E-state index in [2.05, 4.69) is 6.07 Å². The highest BCUT2D eigenvalue weighted by molar-refractivity contribution is 6.32. The molecule has 0 amide bonds. The number of benzene rings is 1. The number of halogens is 2. The van der Waals surface area contributed by atoms with Crippen molar-refractivity contribution >= 4 is 23.2 Å². The van der Waals surface area contributed by atoms with Crippen molar-refractivity contribution in [1.82, 2.24) is 0 Å². The fraction of sp³-hybridized carbons (Fsp3) is 0.571. The molecule has 1 aliphatic rings. The highest BCUT2D eigenvalue weighted by atomic mass is 35.5. The van der Waals surface area contributed by atoms with Crippen molar-refractivity contribution in [3.8, 4) is 5.75 Å². The largest absolute Gasteiger partial charge is 0.495 e. The highest BCUT2D eigenvalue weighted by Gasteiger charge is 2.26. The Hall–Kier alpha value is -0.400. The van der Waals surface area contributed by atoms with Gasteiger partial charge in [-0.3, -0.25) is 0 Å². The van der Waals surface area contributed by atoms with Crippen molar-refractivity contribution in [2.75, 3.05) is 13.0 Å². The maximum atomic E-state index is 6.17. The SMILES string of the molecule is COc1ccc(C(CCl)C2CCCC2)cc1Cl. The van der Waals surface area contributed by atoms with Gasteiger partial charge in [-0.15, -0.1) is 11.6 Å². The number of ether oxygens (including phenoxy) is 1. The minimum atomic E-state index is 0.433. The van der Waals surface area contributed by atoms with E-state index in [4.69, 9.17) is 27.9 Å². The molecule has 0 aromatic heterocycles. The summed E-state index contributed by atoms with van der Waals surface area (Å²) < 4.78 is 5.17. The third-order valence-corrected chi connectivity index (χ3v) is 4.37. The zero-order valence-corrected chi connectivity index (χ0v) is 11.6. The predicted molar refractivity (Wildman–Crippen MR) is 73.4 cm³/mol. The molecule has 0 spiro atoms. The maximum Gasteiger partial charge on any atom is 0.137 e. The molecule has 1 aliphatic carbocycles. The Labute approximate surface area is 113 Å². The molecule has 3 heteroatoms. The second-order valence-corrected chi connectivity index (χ2v) is 5.42. The zero-order chi connectivity index (χ0) is 12.3. The molecule has 1 aromatic carbocycles. The van der Waals surface area contributed by atoms with Crippen LogP contribution in [0.25, 0.3) is 0 Å². The van der Waals surface area contributed by atoms with E-state index in [0.29, 0.717) is 16.8 Å². The lowest BCUT2D eigenvalue weighted by molar-refractivity contribution is 0.414. The van der Waals surface area contributed by atoms with E-state index in [9.17, 15) is 0 Å². The summed E-state index contributed by atoms with van der Waals surface area (Å²) in [7, 11) is 1.64. The summed E-state index contributed by atoms with van der Waals surface area (Å²) in [6.45, 7) is 0. The summed E-state index contributed by atoms with van der Waals surface area (Å²) in [6.07, 6.45) is 5.26. The van der Waals surface area contributed by atoms with E-state index in [1.807, 2.05) is 12.1 Å². The predicted octanol–water partition coefficient (Wildman–Crippen LogP) is 4.86. The van der Waals surface area contributed by atoms with Gasteiger partial charge in [-0.25, -0.2) is 0 Å². The van der Waals surface area contributed by atoms with Crippen LogP contribution in [0.1, 0.15) is 37.2 Å². The Kier molecular flexibility index (Phi) is 4.58. The van der Waals surface area contributed by atoms with Gasteiger partial charge in [0.1, 0.15) is 5.75 Å². The van der Waals surface area contributed by atoms with Gasteiger partial charge in [-0.2, -0.15) is 0 Å². The summed E-state index contributed by atoms with van der Waals surface area (Å²) >= 11 is 12.3. The fourth-order valence-corrected chi connectivity index (χ4v) is 3.46. The van der Waals surface area contributed by atoms with Gasteiger partial charge >= 0.3 is 0 Å². The molecule has 0 radical (unpaired) electrons. The van der Waals surface area contributed by atoms with Crippen LogP contribution >= 0.6 is 23.2 Å². The van der Waals surface area contributed by atoms with Crippen LogP contribution in [0.15, 0.2) is 18.2 Å². The van der Waals surface area contributed by atoms with E-state index in [-0.39, 0.29) is 0 Å². The first-order chi connectivity index (χ1) is 8.26. The van der Waals surface area contributed by atoms with Crippen LogP contribution < -0.4 is 4.74 Å². The van der Waals surface area contributed by atoms with Gasteiger partial charge in [-0.05, 0) is 36.5 Å². The third kappa shape index (κ3) is 2.89. The molecule has 1 atom stereocenters. The number of alkyl halides is 1. The second kappa shape index (κ2) is 5.97. The summed E-state index contributed by atoms with van der Waals surface area (Å²) in [5.41, 5.74) is 1.25. The first-order valence-corrected chi connectivity index (χ1v) is 7.07. The van der Waals surface area contributed by atoms with E-state index in [1.54, 1.807) is 7.11 Å². The summed E-state index contributed by atoms with van der Waals surface area (Å²) in [4.78, 5) is 0. The van der Waals surface area contributed by atoms with Crippen molar-refractivity contribution in [3.05, 3.63) is 28.8 Å². The molecule has 0 N–H and O–H groups in total. The topological polar surface area (TPSA) is 9.23 Å². The third-order valence-electron chi connectivity index (χ3n) is 3.74. The first kappa shape index (κ1) is 13.0. The summed E-state index contributed by atoms with van der Waals surface area (Å²) in [5.74, 6) is 2.56. The molecule has 0 bridgehead atoms. The molecule has 1 unspecified atom stereocenters. The van der Waals surface area contributed by atoms with Crippen LogP contribution in [0.5, 0.6) is 5.75 Å². The number of hydrogen-bond donors (Lipinski definition) is 0. The molecule has 1 nitrogen and oxygen atoms in total. The second-order valence-electron chi connectivity index (χ2n) is 4.70. The molecule has 1 saturated carbocycles. The van der Waals surface area contributed by atoms with Crippen molar-refractivity contribution < 1.29 is 4.74 Å². The molecule has 94 valence electrons. The van der Waals surface area contributed by atoms with Gasteiger partial charge in [0.15, 0.2) is 0 Å². The smallest absolute Gasteiger partial charge is 0.137 e. The van der Waals surface area contributed by atoms with Gasteiger partial charge in [0.05, 0.1) is 12.1 Å². The first-order valence-electron chi connectivity index (χ1n) is 6.15. The molecule has 17 heavy (non-hydrogen) atoms. The summed E-state index contributed by atoms with van der Waals surface area (Å²) in [6, 6.07) is 6.04. The van der Waals surface area contributed by atoms with Gasteiger partial charge < -0.3 is 4.74 Å². The Bertz CT molecular complexity index is 372.